The summed E-state index contributed by atoms with van der Waals surface area (Å²) in [7, 11) is 0. The van der Waals surface area contributed by atoms with Gasteiger partial charge in [-0.1, -0.05) is 32.0 Å². The maximum absolute atomic E-state index is 13.4. The van der Waals surface area contributed by atoms with Gasteiger partial charge in [0.05, 0.1) is 11.8 Å². The van der Waals surface area contributed by atoms with E-state index in [1.54, 1.807) is 18.2 Å². The van der Waals surface area contributed by atoms with Crippen LogP contribution in [0.1, 0.15) is 25.8 Å². The van der Waals surface area contributed by atoms with E-state index < -0.39 is 0 Å². The lowest BCUT2D eigenvalue weighted by molar-refractivity contribution is -0.127. The molecule has 2 atom stereocenters. The molecule has 120 valence electrons. The van der Waals surface area contributed by atoms with Gasteiger partial charge in [0.1, 0.15) is 5.82 Å². The van der Waals surface area contributed by atoms with Gasteiger partial charge in [-0.3, -0.25) is 9.59 Å². The molecule has 5 heteroatoms. The van der Waals surface area contributed by atoms with E-state index in [1.807, 2.05) is 13.8 Å². The molecular weight excluding hydrogens is 283 g/mol. The molecule has 1 saturated carbocycles. The standard InChI is InChI=1S/C17H23FN2O2/c1-11(2)10-20-17(22)14-9-13(14)16(21)19-8-7-12-5-3-4-6-15(12)18/h3-6,11,13-14H,7-10H2,1-2H3,(H,19,21)(H,20,22). The summed E-state index contributed by atoms with van der Waals surface area (Å²) in [5, 5.41) is 5.63. The van der Waals surface area contributed by atoms with Crippen molar-refractivity contribution >= 4 is 11.8 Å². The molecule has 0 aromatic heterocycles. The van der Waals surface area contributed by atoms with Gasteiger partial charge in [-0.2, -0.15) is 0 Å². The number of amides is 2. The van der Waals surface area contributed by atoms with E-state index >= 15 is 0 Å². The van der Waals surface area contributed by atoms with Crippen LogP contribution in [0.3, 0.4) is 0 Å². The summed E-state index contributed by atoms with van der Waals surface area (Å²) < 4.78 is 13.4. The first-order chi connectivity index (χ1) is 10.5. The molecule has 0 radical (unpaired) electrons. The molecule has 1 fully saturated rings. The fourth-order valence-corrected chi connectivity index (χ4v) is 2.36. The minimum absolute atomic E-state index is 0.0389. The summed E-state index contributed by atoms with van der Waals surface area (Å²) in [6, 6.07) is 6.53. The van der Waals surface area contributed by atoms with Gasteiger partial charge in [0.25, 0.3) is 0 Å². The Morgan fingerprint density at radius 3 is 2.45 bits per heavy atom. The lowest BCUT2D eigenvalue weighted by Gasteiger charge is -2.08. The smallest absolute Gasteiger partial charge is 0.223 e. The summed E-state index contributed by atoms with van der Waals surface area (Å²) in [4.78, 5) is 23.8. The summed E-state index contributed by atoms with van der Waals surface area (Å²) in [5.74, 6) is -0.436. The van der Waals surface area contributed by atoms with Crippen LogP contribution in [0.25, 0.3) is 0 Å². The van der Waals surface area contributed by atoms with Gasteiger partial charge in [-0.25, -0.2) is 4.39 Å². The zero-order chi connectivity index (χ0) is 16.1. The third-order valence-corrected chi connectivity index (χ3v) is 3.80. The van der Waals surface area contributed by atoms with E-state index in [2.05, 4.69) is 10.6 Å². The molecule has 4 nitrogen and oxygen atoms in total. The third-order valence-electron chi connectivity index (χ3n) is 3.80. The van der Waals surface area contributed by atoms with Crippen LogP contribution in [0, 0.1) is 23.6 Å². The van der Waals surface area contributed by atoms with E-state index in [4.69, 9.17) is 0 Å². The number of nitrogens with one attached hydrogen (secondary N) is 2. The summed E-state index contributed by atoms with van der Waals surface area (Å²) >= 11 is 0. The molecule has 2 N–H and O–H groups in total. The molecule has 0 spiro atoms. The maximum atomic E-state index is 13.4. The van der Waals surface area contributed by atoms with Crippen molar-refractivity contribution in [1.29, 1.82) is 0 Å². The second kappa shape index (κ2) is 7.38. The second-order valence-electron chi connectivity index (χ2n) is 6.22. The molecule has 1 aliphatic rings. The molecule has 1 aromatic carbocycles. The van der Waals surface area contributed by atoms with E-state index in [1.165, 1.54) is 6.07 Å². The number of hydrogen-bond donors (Lipinski definition) is 2. The quantitative estimate of drug-likeness (QED) is 0.808. The van der Waals surface area contributed by atoms with Crippen molar-refractivity contribution in [2.75, 3.05) is 13.1 Å². The SMILES string of the molecule is CC(C)CNC(=O)C1CC1C(=O)NCCc1ccccc1F. The van der Waals surface area contributed by atoms with Crippen LogP contribution in [0.15, 0.2) is 24.3 Å². The predicted octanol–water partition coefficient (Wildman–Crippen LogP) is 1.89. The number of carbonyl (C=O) groups is 2. The predicted molar refractivity (Wildman–Crippen MR) is 82.6 cm³/mol. The van der Waals surface area contributed by atoms with Crippen molar-refractivity contribution in [3.63, 3.8) is 0 Å². The first-order valence-corrected chi connectivity index (χ1v) is 7.78. The Labute approximate surface area is 130 Å². The first-order valence-electron chi connectivity index (χ1n) is 7.78. The van der Waals surface area contributed by atoms with Gasteiger partial charge in [0, 0.05) is 13.1 Å². The largest absolute Gasteiger partial charge is 0.356 e. The van der Waals surface area contributed by atoms with E-state index in [-0.39, 0.29) is 29.5 Å². The molecule has 1 aromatic rings. The molecule has 2 amide bonds. The van der Waals surface area contributed by atoms with Crippen molar-refractivity contribution in [2.24, 2.45) is 17.8 Å². The average Bonchev–Trinajstić information content (AvgIpc) is 3.27. The van der Waals surface area contributed by atoms with Crippen LogP contribution in [0.2, 0.25) is 0 Å². The molecule has 0 aliphatic heterocycles. The minimum Gasteiger partial charge on any atom is -0.356 e. The molecule has 0 heterocycles. The van der Waals surface area contributed by atoms with Gasteiger partial charge in [-0.15, -0.1) is 0 Å². The topological polar surface area (TPSA) is 58.2 Å². The lowest BCUT2D eigenvalue weighted by Crippen LogP contribution is -2.32. The van der Waals surface area contributed by atoms with Crippen molar-refractivity contribution in [3.05, 3.63) is 35.6 Å². The van der Waals surface area contributed by atoms with Crippen LogP contribution in [0.4, 0.5) is 4.39 Å². The molecule has 1 aliphatic carbocycles. The van der Waals surface area contributed by atoms with E-state index in [0.717, 1.165) is 0 Å². The molecule has 0 bridgehead atoms. The van der Waals surface area contributed by atoms with Crippen LogP contribution >= 0.6 is 0 Å². The summed E-state index contributed by atoms with van der Waals surface area (Å²) in [6.07, 6.45) is 1.06. The zero-order valence-electron chi connectivity index (χ0n) is 13.1. The Balaban J connectivity index is 1.69. The third kappa shape index (κ3) is 4.55. The monoisotopic (exact) mass is 306 g/mol. The first kappa shape index (κ1) is 16.5. The Kier molecular flexibility index (Phi) is 5.52. The Hall–Kier alpha value is -1.91. The van der Waals surface area contributed by atoms with E-state index in [9.17, 15) is 14.0 Å². The zero-order valence-corrected chi connectivity index (χ0v) is 13.1. The van der Waals surface area contributed by atoms with Gasteiger partial charge in [0.15, 0.2) is 0 Å². The number of benzene rings is 1. The highest BCUT2D eigenvalue weighted by molar-refractivity contribution is 5.92. The molecule has 22 heavy (non-hydrogen) atoms. The number of hydrogen-bond acceptors (Lipinski definition) is 2. The molecule has 2 unspecified atom stereocenters. The van der Waals surface area contributed by atoms with Crippen molar-refractivity contribution in [3.8, 4) is 0 Å². The van der Waals surface area contributed by atoms with Crippen molar-refractivity contribution < 1.29 is 14.0 Å². The van der Waals surface area contributed by atoms with E-state index in [0.29, 0.717) is 37.4 Å². The number of halogens is 1. The van der Waals surface area contributed by atoms with Gasteiger partial charge in [-0.05, 0) is 30.4 Å². The maximum Gasteiger partial charge on any atom is 0.223 e. The molecular formula is C17H23FN2O2. The van der Waals surface area contributed by atoms with Crippen LogP contribution in [-0.4, -0.2) is 24.9 Å². The average molecular weight is 306 g/mol. The fourth-order valence-electron chi connectivity index (χ4n) is 2.36. The molecule has 0 saturated heterocycles. The number of carbonyl (C=O) groups excluding carboxylic acids is 2. The van der Waals surface area contributed by atoms with Crippen LogP contribution < -0.4 is 10.6 Å². The van der Waals surface area contributed by atoms with Gasteiger partial charge in [0.2, 0.25) is 11.8 Å². The van der Waals surface area contributed by atoms with Crippen molar-refractivity contribution in [2.45, 2.75) is 26.7 Å². The van der Waals surface area contributed by atoms with Gasteiger partial charge < -0.3 is 10.6 Å². The Bertz CT molecular complexity index is 545. The highest BCUT2D eigenvalue weighted by atomic mass is 19.1. The Morgan fingerprint density at radius 1 is 1.18 bits per heavy atom. The fraction of sp³-hybridized carbons (Fsp3) is 0.529. The summed E-state index contributed by atoms with van der Waals surface area (Å²) in [5.41, 5.74) is 0.588. The van der Waals surface area contributed by atoms with Crippen molar-refractivity contribution in [1.82, 2.24) is 10.6 Å². The number of rotatable bonds is 7. The lowest BCUT2D eigenvalue weighted by atomic mass is 10.1. The minimum atomic E-state index is -0.255. The highest BCUT2D eigenvalue weighted by Crippen LogP contribution is 2.38. The summed E-state index contributed by atoms with van der Waals surface area (Å²) in [6.45, 7) is 5.08. The van der Waals surface area contributed by atoms with Crippen LogP contribution in [-0.2, 0) is 16.0 Å². The second-order valence-corrected chi connectivity index (χ2v) is 6.22. The normalized spacial score (nSPS) is 19.8. The van der Waals surface area contributed by atoms with Gasteiger partial charge >= 0.3 is 0 Å². The highest BCUT2D eigenvalue weighted by Gasteiger charge is 2.47. The van der Waals surface area contributed by atoms with Crippen LogP contribution in [0.5, 0.6) is 0 Å². The Morgan fingerprint density at radius 2 is 1.82 bits per heavy atom. The molecule has 2 rings (SSSR count).